The number of nitrogens with zero attached hydrogens (tertiary/aromatic N) is 3. The van der Waals surface area contributed by atoms with E-state index < -0.39 is 47.2 Å². The van der Waals surface area contributed by atoms with Crippen LogP contribution in [0.5, 0.6) is 0 Å². The molecule has 0 bridgehead atoms. The summed E-state index contributed by atoms with van der Waals surface area (Å²) in [6.45, 7) is 8.88. The fourth-order valence-electron chi connectivity index (χ4n) is 5.96. The van der Waals surface area contributed by atoms with Crippen molar-refractivity contribution in [1.82, 2.24) is 4.90 Å². The highest BCUT2D eigenvalue weighted by molar-refractivity contribution is 6.31. The summed E-state index contributed by atoms with van der Waals surface area (Å²) < 4.78 is 31.4. The van der Waals surface area contributed by atoms with Gasteiger partial charge in [-0.05, 0) is 48.6 Å². The van der Waals surface area contributed by atoms with Crippen LogP contribution in [0.3, 0.4) is 0 Å². The van der Waals surface area contributed by atoms with Crippen LogP contribution in [-0.4, -0.2) is 45.7 Å². The predicted molar refractivity (Wildman–Crippen MR) is 149 cm³/mol. The SMILES string of the molecule is CC(C)(C)C[C@@H]1N(CCCC(C)(C)[N+](=O)[O-])[C@@H](CO)[C@H](c2cccc(Cl)c2F)[C@@]1(C#N)c1ccc(Cl)cc1F. The van der Waals surface area contributed by atoms with E-state index in [2.05, 4.69) is 6.07 Å². The van der Waals surface area contributed by atoms with E-state index in [1.165, 1.54) is 24.3 Å². The first-order valence-electron chi connectivity index (χ1n) is 12.9. The molecule has 212 valence electrons. The molecule has 3 rings (SSSR count). The number of nitro groups is 1. The molecule has 4 atom stereocenters. The van der Waals surface area contributed by atoms with Gasteiger partial charge in [-0.25, -0.2) is 8.78 Å². The molecule has 0 unspecified atom stereocenters. The largest absolute Gasteiger partial charge is 0.395 e. The summed E-state index contributed by atoms with van der Waals surface area (Å²) in [5, 5.41) is 33.3. The van der Waals surface area contributed by atoms with Crippen LogP contribution in [0.2, 0.25) is 10.0 Å². The second kappa shape index (κ2) is 11.7. The van der Waals surface area contributed by atoms with Gasteiger partial charge in [0.1, 0.15) is 17.0 Å². The molecule has 2 aromatic rings. The van der Waals surface area contributed by atoms with Gasteiger partial charge in [0.15, 0.2) is 0 Å². The molecular weight excluding hydrogens is 547 g/mol. The molecule has 10 heteroatoms. The molecular formula is C29H35Cl2F2N3O3. The minimum atomic E-state index is -1.64. The van der Waals surface area contributed by atoms with Gasteiger partial charge < -0.3 is 5.11 Å². The number of aliphatic hydroxyl groups excluding tert-OH is 1. The average Bonchev–Trinajstić information content (AvgIpc) is 3.08. The molecule has 39 heavy (non-hydrogen) atoms. The van der Waals surface area contributed by atoms with Crippen LogP contribution in [0.15, 0.2) is 36.4 Å². The number of likely N-dealkylation sites (tertiary alicyclic amines) is 1. The molecule has 1 aliphatic rings. The average molecular weight is 583 g/mol. The monoisotopic (exact) mass is 581 g/mol. The van der Waals surface area contributed by atoms with Gasteiger partial charge in [-0.3, -0.25) is 15.0 Å². The van der Waals surface area contributed by atoms with E-state index in [-0.39, 0.29) is 44.5 Å². The van der Waals surface area contributed by atoms with Crippen LogP contribution in [-0.2, 0) is 5.41 Å². The lowest BCUT2D eigenvalue weighted by molar-refractivity contribution is -0.561. The van der Waals surface area contributed by atoms with Crippen molar-refractivity contribution in [1.29, 1.82) is 5.26 Å². The van der Waals surface area contributed by atoms with Crippen molar-refractivity contribution in [2.24, 2.45) is 5.41 Å². The maximum atomic E-state index is 15.8. The number of rotatable bonds is 9. The zero-order valence-electron chi connectivity index (χ0n) is 22.8. The number of hydrogen-bond donors (Lipinski definition) is 1. The van der Waals surface area contributed by atoms with E-state index in [1.54, 1.807) is 19.9 Å². The Balaban J connectivity index is 2.31. The van der Waals surface area contributed by atoms with Crippen molar-refractivity contribution in [3.8, 4) is 6.07 Å². The van der Waals surface area contributed by atoms with Crippen LogP contribution >= 0.6 is 23.2 Å². The van der Waals surface area contributed by atoms with E-state index in [9.17, 15) is 20.5 Å². The topological polar surface area (TPSA) is 90.4 Å². The summed E-state index contributed by atoms with van der Waals surface area (Å²) in [6.07, 6.45) is 1.01. The first-order chi connectivity index (χ1) is 18.1. The third-order valence-corrected chi connectivity index (χ3v) is 8.32. The summed E-state index contributed by atoms with van der Waals surface area (Å²) in [7, 11) is 0. The standard InChI is InChI=1S/C29H35Cl2F2N3O3/c1-27(2,3)15-24-29(17-34,20-11-10-18(30)14-22(20)32)25(19-8-6-9-21(31)26(19)33)23(16-37)35(24)13-7-12-28(4,5)36(38)39/h6,8-11,14,23-25,37H,7,12-13,15-16H2,1-5H3/t23-,24-,25-,29-/m0/s1. The number of nitriles is 1. The first-order valence-corrected chi connectivity index (χ1v) is 13.7. The molecule has 1 heterocycles. The van der Waals surface area contributed by atoms with Crippen molar-refractivity contribution in [2.75, 3.05) is 13.2 Å². The van der Waals surface area contributed by atoms with Gasteiger partial charge in [-0.1, -0.05) is 62.2 Å². The molecule has 6 nitrogen and oxygen atoms in total. The second-order valence-electron chi connectivity index (χ2n) is 12.2. The van der Waals surface area contributed by atoms with Crippen molar-refractivity contribution < 1.29 is 18.8 Å². The Labute approximate surface area is 238 Å². The Bertz CT molecular complexity index is 1260. The van der Waals surface area contributed by atoms with Gasteiger partial charge in [0, 0.05) is 53.8 Å². The van der Waals surface area contributed by atoms with E-state index in [0.717, 1.165) is 6.07 Å². The minimum absolute atomic E-state index is 0.0552. The van der Waals surface area contributed by atoms with Crippen LogP contribution in [0.1, 0.15) is 70.9 Å². The van der Waals surface area contributed by atoms with Gasteiger partial charge in [0.2, 0.25) is 5.54 Å². The highest BCUT2D eigenvalue weighted by Gasteiger charge is 2.62. The number of benzene rings is 2. The highest BCUT2D eigenvalue weighted by Crippen LogP contribution is 2.56. The Morgan fingerprint density at radius 2 is 1.85 bits per heavy atom. The molecule has 0 aromatic heterocycles. The lowest BCUT2D eigenvalue weighted by Crippen LogP contribution is -2.47. The summed E-state index contributed by atoms with van der Waals surface area (Å²) in [4.78, 5) is 13.1. The minimum Gasteiger partial charge on any atom is -0.395 e. The van der Waals surface area contributed by atoms with Crippen LogP contribution < -0.4 is 0 Å². The third-order valence-electron chi connectivity index (χ3n) is 7.80. The molecule has 0 amide bonds. The molecule has 0 aliphatic carbocycles. The molecule has 0 spiro atoms. The lowest BCUT2D eigenvalue weighted by Gasteiger charge is -2.39. The lowest BCUT2D eigenvalue weighted by atomic mass is 9.62. The quantitative estimate of drug-likeness (QED) is 0.251. The van der Waals surface area contributed by atoms with Crippen LogP contribution in [0, 0.1) is 38.5 Å². The molecule has 0 saturated carbocycles. The highest BCUT2D eigenvalue weighted by atomic mass is 35.5. The molecule has 0 radical (unpaired) electrons. The predicted octanol–water partition coefficient (Wildman–Crippen LogP) is 7.13. The van der Waals surface area contributed by atoms with Crippen LogP contribution in [0.4, 0.5) is 8.78 Å². The fraction of sp³-hybridized carbons (Fsp3) is 0.552. The molecule has 1 aliphatic heterocycles. The van der Waals surface area contributed by atoms with E-state index >= 15 is 8.78 Å². The Morgan fingerprint density at radius 1 is 1.18 bits per heavy atom. The van der Waals surface area contributed by atoms with Gasteiger partial charge in [-0.2, -0.15) is 5.26 Å². The smallest absolute Gasteiger partial charge is 0.216 e. The molecule has 1 saturated heterocycles. The molecule has 2 aromatic carbocycles. The van der Waals surface area contributed by atoms with E-state index in [4.69, 9.17) is 23.2 Å². The van der Waals surface area contributed by atoms with E-state index in [0.29, 0.717) is 12.8 Å². The maximum Gasteiger partial charge on any atom is 0.216 e. The van der Waals surface area contributed by atoms with Gasteiger partial charge >= 0.3 is 0 Å². The van der Waals surface area contributed by atoms with Crippen molar-refractivity contribution >= 4 is 23.2 Å². The summed E-state index contributed by atoms with van der Waals surface area (Å²) in [5.41, 5.74) is -3.01. The summed E-state index contributed by atoms with van der Waals surface area (Å²) in [5.74, 6) is -2.44. The van der Waals surface area contributed by atoms with Crippen LogP contribution in [0.25, 0.3) is 0 Å². The van der Waals surface area contributed by atoms with Crippen molar-refractivity contribution in [3.05, 3.63) is 79.3 Å². The van der Waals surface area contributed by atoms with Crippen molar-refractivity contribution in [3.63, 3.8) is 0 Å². The van der Waals surface area contributed by atoms with Gasteiger partial charge in [-0.15, -0.1) is 0 Å². The Kier molecular flexibility index (Phi) is 9.33. The maximum absolute atomic E-state index is 15.8. The Hall–Kier alpha value is -2.31. The molecule has 1 fully saturated rings. The number of hydrogen-bond acceptors (Lipinski definition) is 5. The summed E-state index contributed by atoms with van der Waals surface area (Å²) >= 11 is 12.2. The zero-order chi connectivity index (χ0) is 29.3. The zero-order valence-corrected chi connectivity index (χ0v) is 24.4. The normalized spacial score (nSPS) is 24.1. The molecule has 1 N–H and O–H groups in total. The number of aliphatic hydroxyl groups is 1. The fourth-order valence-corrected chi connectivity index (χ4v) is 6.30. The Morgan fingerprint density at radius 3 is 2.38 bits per heavy atom. The summed E-state index contributed by atoms with van der Waals surface area (Å²) in [6, 6.07) is 9.48. The second-order valence-corrected chi connectivity index (χ2v) is 13.0. The first kappa shape index (κ1) is 31.2. The number of halogens is 4. The van der Waals surface area contributed by atoms with Crippen molar-refractivity contribution in [2.45, 2.75) is 82.8 Å². The van der Waals surface area contributed by atoms with Gasteiger partial charge in [0.25, 0.3) is 0 Å². The third kappa shape index (κ3) is 6.07. The van der Waals surface area contributed by atoms with Gasteiger partial charge in [0.05, 0.1) is 17.7 Å². The van der Waals surface area contributed by atoms with E-state index in [1.807, 2.05) is 25.7 Å².